The van der Waals surface area contributed by atoms with Gasteiger partial charge < -0.3 is 20.3 Å². The topological polar surface area (TPSA) is 39.8 Å². The van der Waals surface area contributed by atoms with Crippen molar-refractivity contribution in [3.63, 3.8) is 0 Å². The summed E-state index contributed by atoms with van der Waals surface area (Å²) >= 11 is 0. The molecule has 0 aromatic carbocycles. The Labute approximate surface area is 111 Å². The largest absolute Gasteiger partial charge is 0.379 e. The van der Waals surface area contributed by atoms with Crippen LogP contribution in [0.15, 0.2) is 0 Å². The van der Waals surface area contributed by atoms with Crippen molar-refractivity contribution >= 4 is 0 Å². The van der Waals surface area contributed by atoms with Crippen molar-refractivity contribution in [2.75, 3.05) is 72.6 Å². The third-order valence-corrected chi connectivity index (χ3v) is 4.01. The van der Waals surface area contributed by atoms with Crippen LogP contribution in [-0.2, 0) is 4.74 Å². The van der Waals surface area contributed by atoms with Crippen molar-refractivity contribution in [1.82, 2.24) is 20.4 Å². The molecule has 5 heteroatoms. The van der Waals surface area contributed by atoms with Gasteiger partial charge in [-0.15, -0.1) is 0 Å². The summed E-state index contributed by atoms with van der Waals surface area (Å²) in [4.78, 5) is 4.95. The Hall–Kier alpha value is -0.200. The predicted octanol–water partition coefficient (Wildman–Crippen LogP) is -0.798. The molecule has 2 saturated heterocycles. The van der Waals surface area contributed by atoms with Crippen LogP contribution in [0, 0.1) is 0 Å². The summed E-state index contributed by atoms with van der Waals surface area (Å²) < 4.78 is 5.34. The number of likely N-dealkylation sites (N-methyl/N-ethyl adjacent to an activating group) is 1. The number of morpholine rings is 1. The highest BCUT2D eigenvalue weighted by atomic mass is 16.5. The van der Waals surface area contributed by atoms with Crippen LogP contribution in [0.4, 0.5) is 0 Å². The van der Waals surface area contributed by atoms with Gasteiger partial charge in [0.2, 0.25) is 0 Å². The van der Waals surface area contributed by atoms with Gasteiger partial charge >= 0.3 is 0 Å². The van der Waals surface area contributed by atoms with E-state index >= 15 is 0 Å². The highest BCUT2D eigenvalue weighted by Crippen LogP contribution is 2.03. The third-order valence-electron chi connectivity index (χ3n) is 4.01. The SMILES string of the molecule is CN1CCNCC1CCNCCN1CCOCC1. The average molecular weight is 256 g/mol. The molecule has 2 fully saturated rings. The Morgan fingerprint density at radius 3 is 2.83 bits per heavy atom. The number of hydrogen-bond acceptors (Lipinski definition) is 5. The highest BCUT2D eigenvalue weighted by molar-refractivity contribution is 4.77. The molecule has 2 N–H and O–H groups in total. The fraction of sp³-hybridized carbons (Fsp3) is 1.00. The Balaban J connectivity index is 1.47. The molecule has 0 aromatic rings. The Kier molecular flexibility index (Phi) is 6.37. The minimum Gasteiger partial charge on any atom is -0.379 e. The molecule has 0 aromatic heterocycles. The predicted molar refractivity (Wildman–Crippen MR) is 74.0 cm³/mol. The lowest BCUT2D eigenvalue weighted by Gasteiger charge is -2.33. The molecule has 18 heavy (non-hydrogen) atoms. The van der Waals surface area contributed by atoms with Gasteiger partial charge in [-0.25, -0.2) is 0 Å². The van der Waals surface area contributed by atoms with Crippen LogP contribution in [0.5, 0.6) is 0 Å². The summed E-state index contributed by atoms with van der Waals surface area (Å²) in [6.45, 7) is 10.8. The smallest absolute Gasteiger partial charge is 0.0594 e. The number of nitrogens with one attached hydrogen (secondary N) is 2. The van der Waals surface area contributed by atoms with E-state index in [9.17, 15) is 0 Å². The molecule has 0 spiro atoms. The Morgan fingerprint density at radius 2 is 2.06 bits per heavy atom. The van der Waals surface area contributed by atoms with E-state index < -0.39 is 0 Å². The van der Waals surface area contributed by atoms with Crippen molar-refractivity contribution in [2.24, 2.45) is 0 Å². The van der Waals surface area contributed by atoms with Gasteiger partial charge in [-0.1, -0.05) is 0 Å². The fourth-order valence-corrected chi connectivity index (χ4v) is 2.64. The van der Waals surface area contributed by atoms with E-state index in [2.05, 4.69) is 27.5 Å². The molecule has 2 heterocycles. The van der Waals surface area contributed by atoms with Gasteiger partial charge in [-0.2, -0.15) is 0 Å². The average Bonchev–Trinajstić information content (AvgIpc) is 2.42. The summed E-state index contributed by atoms with van der Waals surface area (Å²) in [5, 5.41) is 7.03. The molecule has 1 atom stereocenters. The van der Waals surface area contributed by atoms with Gasteiger partial charge in [-0.3, -0.25) is 4.90 Å². The summed E-state index contributed by atoms with van der Waals surface area (Å²) in [5.74, 6) is 0. The first-order chi connectivity index (χ1) is 8.86. The third kappa shape index (κ3) is 4.82. The van der Waals surface area contributed by atoms with Crippen LogP contribution in [0.1, 0.15) is 6.42 Å². The molecule has 5 nitrogen and oxygen atoms in total. The zero-order valence-electron chi connectivity index (χ0n) is 11.7. The molecule has 0 aliphatic carbocycles. The monoisotopic (exact) mass is 256 g/mol. The number of ether oxygens (including phenoxy) is 1. The molecule has 2 rings (SSSR count). The first-order valence-corrected chi connectivity index (χ1v) is 7.28. The van der Waals surface area contributed by atoms with Crippen molar-refractivity contribution in [1.29, 1.82) is 0 Å². The molecule has 0 saturated carbocycles. The maximum Gasteiger partial charge on any atom is 0.0594 e. The van der Waals surface area contributed by atoms with E-state index in [-0.39, 0.29) is 0 Å². The fourth-order valence-electron chi connectivity index (χ4n) is 2.64. The Bertz CT molecular complexity index is 221. The van der Waals surface area contributed by atoms with Gasteiger partial charge in [0.25, 0.3) is 0 Å². The summed E-state index contributed by atoms with van der Waals surface area (Å²) in [6.07, 6.45) is 1.24. The van der Waals surface area contributed by atoms with E-state index in [4.69, 9.17) is 4.74 Å². The van der Waals surface area contributed by atoms with E-state index in [1.54, 1.807) is 0 Å². The van der Waals surface area contributed by atoms with E-state index in [0.717, 1.165) is 59.0 Å². The minimum atomic E-state index is 0.703. The van der Waals surface area contributed by atoms with E-state index in [1.807, 2.05) is 0 Å². The van der Waals surface area contributed by atoms with Crippen LogP contribution < -0.4 is 10.6 Å². The molecule has 2 aliphatic rings. The maximum atomic E-state index is 5.34. The van der Waals surface area contributed by atoms with Gasteiger partial charge in [0, 0.05) is 51.9 Å². The minimum absolute atomic E-state index is 0.703. The van der Waals surface area contributed by atoms with Gasteiger partial charge in [-0.05, 0) is 20.0 Å². The van der Waals surface area contributed by atoms with Gasteiger partial charge in [0.15, 0.2) is 0 Å². The quantitative estimate of drug-likeness (QED) is 0.609. The zero-order chi connectivity index (χ0) is 12.6. The number of piperazine rings is 1. The molecule has 0 radical (unpaired) electrons. The molecule has 2 aliphatic heterocycles. The van der Waals surface area contributed by atoms with E-state index in [0.29, 0.717) is 6.04 Å². The summed E-state index contributed by atoms with van der Waals surface area (Å²) in [7, 11) is 2.24. The van der Waals surface area contributed by atoms with Crippen LogP contribution in [0.2, 0.25) is 0 Å². The lowest BCUT2D eigenvalue weighted by atomic mass is 10.1. The highest BCUT2D eigenvalue weighted by Gasteiger charge is 2.17. The van der Waals surface area contributed by atoms with Crippen LogP contribution in [0.25, 0.3) is 0 Å². The van der Waals surface area contributed by atoms with Crippen molar-refractivity contribution in [3.05, 3.63) is 0 Å². The lowest BCUT2D eigenvalue weighted by molar-refractivity contribution is 0.0384. The molecule has 106 valence electrons. The van der Waals surface area contributed by atoms with Crippen molar-refractivity contribution < 1.29 is 4.74 Å². The molecular weight excluding hydrogens is 228 g/mol. The van der Waals surface area contributed by atoms with Gasteiger partial charge in [0.05, 0.1) is 13.2 Å². The van der Waals surface area contributed by atoms with Crippen molar-refractivity contribution in [3.8, 4) is 0 Å². The standard InChI is InChI=1S/C13H28N4O/c1-16-6-4-15-12-13(16)2-3-14-5-7-17-8-10-18-11-9-17/h13-15H,2-12H2,1H3. The van der Waals surface area contributed by atoms with Gasteiger partial charge in [0.1, 0.15) is 0 Å². The Morgan fingerprint density at radius 1 is 1.22 bits per heavy atom. The zero-order valence-corrected chi connectivity index (χ0v) is 11.7. The van der Waals surface area contributed by atoms with Crippen molar-refractivity contribution in [2.45, 2.75) is 12.5 Å². The number of hydrogen-bond donors (Lipinski definition) is 2. The molecule has 0 bridgehead atoms. The summed E-state index contributed by atoms with van der Waals surface area (Å²) in [6, 6.07) is 0.703. The molecular formula is C13H28N4O. The molecule has 0 amide bonds. The van der Waals surface area contributed by atoms with Crippen LogP contribution in [-0.4, -0.2) is 88.5 Å². The lowest BCUT2D eigenvalue weighted by Crippen LogP contribution is -2.50. The second-order valence-corrected chi connectivity index (χ2v) is 5.33. The molecule has 1 unspecified atom stereocenters. The van der Waals surface area contributed by atoms with Crippen LogP contribution in [0.3, 0.4) is 0 Å². The maximum absolute atomic E-state index is 5.34. The van der Waals surface area contributed by atoms with E-state index in [1.165, 1.54) is 13.0 Å². The second kappa shape index (κ2) is 8.07. The number of nitrogens with zero attached hydrogens (tertiary/aromatic N) is 2. The first kappa shape index (κ1) is 14.2. The second-order valence-electron chi connectivity index (χ2n) is 5.33. The summed E-state index contributed by atoms with van der Waals surface area (Å²) in [5.41, 5.74) is 0. The first-order valence-electron chi connectivity index (χ1n) is 7.28. The van der Waals surface area contributed by atoms with Crippen LogP contribution >= 0.6 is 0 Å². The normalized spacial score (nSPS) is 27.5. The number of rotatable bonds is 6.